The van der Waals surface area contributed by atoms with E-state index in [1.54, 1.807) is 6.26 Å². The van der Waals surface area contributed by atoms with E-state index in [9.17, 15) is 0 Å². The predicted molar refractivity (Wildman–Crippen MR) is 50.6 cm³/mol. The van der Waals surface area contributed by atoms with Gasteiger partial charge in [-0.2, -0.15) is 0 Å². The minimum atomic E-state index is 0.711. The van der Waals surface area contributed by atoms with E-state index in [2.05, 4.69) is 18.8 Å². The molecule has 0 bridgehead atoms. The summed E-state index contributed by atoms with van der Waals surface area (Å²) in [7, 11) is 1.89. The zero-order chi connectivity index (χ0) is 8.97. The fraction of sp³-hybridized carbons (Fsp3) is 0.400. The number of ether oxygens (including phenoxy) is 1. The van der Waals surface area contributed by atoms with Crippen molar-refractivity contribution in [3.8, 4) is 0 Å². The van der Waals surface area contributed by atoms with Gasteiger partial charge in [0.1, 0.15) is 6.61 Å². The third kappa shape index (κ3) is 2.16. The van der Waals surface area contributed by atoms with E-state index in [1.165, 1.54) is 11.1 Å². The Bertz CT molecular complexity index is 238. The minimum Gasteiger partial charge on any atom is -0.497 e. The lowest BCUT2D eigenvalue weighted by molar-refractivity contribution is 0.273. The molecule has 0 saturated heterocycles. The molecule has 0 aromatic carbocycles. The monoisotopic (exact) mass is 165 g/mol. The maximum Gasteiger partial charge on any atom is 0.109 e. The molecule has 0 aromatic rings. The van der Waals surface area contributed by atoms with Gasteiger partial charge in [-0.1, -0.05) is 6.58 Å². The average Bonchev–Trinajstić information content (AvgIpc) is 2.09. The van der Waals surface area contributed by atoms with Gasteiger partial charge < -0.3 is 10.1 Å². The van der Waals surface area contributed by atoms with Gasteiger partial charge in [0.15, 0.2) is 0 Å². The molecule has 0 aliphatic carbocycles. The predicted octanol–water partition coefficient (Wildman–Crippen LogP) is 1.97. The Morgan fingerprint density at radius 2 is 2.50 bits per heavy atom. The zero-order valence-electron chi connectivity index (χ0n) is 7.68. The molecule has 0 spiro atoms. The molecule has 1 heterocycles. The highest BCUT2D eigenvalue weighted by Crippen LogP contribution is 2.17. The van der Waals surface area contributed by atoms with Crippen molar-refractivity contribution in [2.24, 2.45) is 0 Å². The number of nitrogens with one attached hydrogen (secondary N) is 1. The quantitative estimate of drug-likeness (QED) is 0.690. The molecule has 2 nitrogen and oxygen atoms in total. The fourth-order valence-corrected chi connectivity index (χ4v) is 1.07. The number of hydrogen-bond acceptors (Lipinski definition) is 2. The van der Waals surface area contributed by atoms with Crippen LogP contribution in [0.15, 0.2) is 35.8 Å². The van der Waals surface area contributed by atoms with Crippen LogP contribution in [0.25, 0.3) is 0 Å². The van der Waals surface area contributed by atoms with Crippen LogP contribution in [-0.4, -0.2) is 13.7 Å². The van der Waals surface area contributed by atoms with E-state index in [4.69, 9.17) is 4.74 Å². The van der Waals surface area contributed by atoms with Crippen molar-refractivity contribution < 1.29 is 4.74 Å². The number of rotatable bonds is 3. The first-order chi connectivity index (χ1) is 5.74. The van der Waals surface area contributed by atoms with Crippen LogP contribution in [0.5, 0.6) is 0 Å². The summed E-state index contributed by atoms with van der Waals surface area (Å²) in [5.41, 5.74) is 3.63. The topological polar surface area (TPSA) is 21.3 Å². The molecule has 0 saturated carbocycles. The highest BCUT2D eigenvalue weighted by Gasteiger charge is 2.04. The third-order valence-electron chi connectivity index (χ3n) is 1.97. The zero-order valence-corrected chi connectivity index (χ0v) is 7.68. The van der Waals surface area contributed by atoms with Crippen LogP contribution in [0.4, 0.5) is 0 Å². The Morgan fingerprint density at radius 3 is 3.08 bits per heavy atom. The standard InChI is InChI=1S/C10H15NO/c1-8-7-12-5-4-10(8)6-9(2)11-3/h4-5,11H,2,6-7H2,1,3H3. The number of allylic oxidation sites excluding steroid dienone is 2. The fourth-order valence-electron chi connectivity index (χ4n) is 1.07. The average molecular weight is 165 g/mol. The van der Waals surface area contributed by atoms with Crippen molar-refractivity contribution in [1.82, 2.24) is 5.32 Å². The second-order valence-corrected chi connectivity index (χ2v) is 2.95. The molecule has 1 aliphatic heterocycles. The van der Waals surface area contributed by atoms with Crippen molar-refractivity contribution in [2.75, 3.05) is 13.7 Å². The molecule has 0 fully saturated rings. The van der Waals surface area contributed by atoms with Crippen molar-refractivity contribution in [1.29, 1.82) is 0 Å². The molecule has 2 heteroatoms. The Hall–Kier alpha value is -1.18. The first kappa shape index (κ1) is 8.91. The highest BCUT2D eigenvalue weighted by molar-refractivity contribution is 5.30. The Labute approximate surface area is 73.6 Å². The van der Waals surface area contributed by atoms with Crippen LogP contribution in [-0.2, 0) is 4.74 Å². The summed E-state index contributed by atoms with van der Waals surface area (Å²) in [4.78, 5) is 0. The lowest BCUT2D eigenvalue weighted by Gasteiger charge is -2.14. The lowest BCUT2D eigenvalue weighted by Crippen LogP contribution is -2.07. The van der Waals surface area contributed by atoms with Gasteiger partial charge in [-0.25, -0.2) is 0 Å². The summed E-state index contributed by atoms with van der Waals surface area (Å²) in [6.07, 6.45) is 4.63. The molecule has 1 aliphatic rings. The summed E-state index contributed by atoms with van der Waals surface area (Å²) in [6.45, 7) is 6.68. The molecule has 0 atom stereocenters. The van der Waals surface area contributed by atoms with Gasteiger partial charge in [0.25, 0.3) is 0 Å². The van der Waals surface area contributed by atoms with Gasteiger partial charge in [-0.3, -0.25) is 0 Å². The molecular weight excluding hydrogens is 150 g/mol. The summed E-state index contributed by atoms with van der Waals surface area (Å²) < 4.78 is 5.14. The highest BCUT2D eigenvalue weighted by atomic mass is 16.5. The number of hydrogen-bond donors (Lipinski definition) is 1. The van der Waals surface area contributed by atoms with Crippen molar-refractivity contribution in [3.05, 3.63) is 35.8 Å². The molecule has 0 radical (unpaired) electrons. The molecule has 66 valence electrons. The maximum absolute atomic E-state index is 5.14. The van der Waals surface area contributed by atoms with E-state index in [0.717, 1.165) is 12.1 Å². The van der Waals surface area contributed by atoms with Crippen molar-refractivity contribution >= 4 is 0 Å². The SMILES string of the molecule is C=C(CC1=C(C)COC=C1)NC. The van der Waals surface area contributed by atoms with Crippen LogP contribution < -0.4 is 5.32 Å². The van der Waals surface area contributed by atoms with Gasteiger partial charge in [0.05, 0.1) is 6.26 Å². The Balaban J connectivity index is 2.61. The molecule has 1 N–H and O–H groups in total. The van der Waals surface area contributed by atoms with E-state index in [-0.39, 0.29) is 0 Å². The molecule has 0 unspecified atom stereocenters. The van der Waals surface area contributed by atoms with Gasteiger partial charge >= 0.3 is 0 Å². The second kappa shape index (κ2) is 4.00. The van der Waals surface area contributed by atoms with Gasteiger partial charge in [0, 0.05) is 19.2 Å². The van der Waals surface area contributed by atoms with Gasteiger partial charge in [-0.05, 0) is 24.1 Å². The van der Waals surface area contributed by atoms with Crippen molar-refractivity contribution in [2.45, 2.75) is 13.3 Å². The van der Waals surface area contributed by atoms with Gasteiger partial charge in [0.2, 0.25) is 0 Å². The smallest absolute Gasteiger partial charge is 0.109 e. The van der Waals surface area contributed by atoms with E-state index < -0.39 is 0 Å². The minimum absolute atomic E-state index is 0.711. The van der Waals surface area contributed by atoms with Crippen molar-refractivity contribution in [3.63, 3.8) is 0 Å². The van der Waals surface area contributed by atoms with Crippen LogP contribution >= 0.6 is 0 Å². The Morgan fingerprint density at radius 1 is 1.75 bits per heavy atom. The summed E-state index contributed by atoms with van der Waals surface area (Å²) in [5.74, 6) is 0. The van der Waals surface area contributed by atoms with Crippen LogP contribution in [0.1, 0.15) is 13.3 Å². The summed E-state index contributed by atoms with van der Waals surface area (Å²) >= 11 is 0. The first-order valence-corrected chi connectivity index (χ1v) is 4.06. The van der Waals surface area contributed by atoms with E-state index in [1.807, 2.05) is 13.1 Å². The van der Waals surface area contributed by atoms with Gasteiger partial charge in [-0.15, -0.1) is 0 Å². The normalized spacial score (nSPS) is 15.8. The van der Waals surface area contributed by atoms with E-state index in [0.29, 0.717) is 6.61 Å². The second-order valence-electron chi connectivity index (χ2n) is 2.95. The maximum atomic E-state index is 5.14. The molecule has 12 heavy (non-hydrogen) atoms. The molecule has 1 rings (SSSR count). The largest absolute Gasteiger partial charge is 0.497 e. The molecule has 0 aromatic heterocycles. The molecular formula is C10H15NO. The van der Waals surface area contributed by atoms with Crippen LogP contribution in [0.2, 0.25) is 0 Å². The Kier molecular flexibility index (Phi) is 2.97. The molecule has 0 amide bonds. The lowest BCUT2D eigenvalue weighted by atomic mass is 10.0. The van der Waals surface area contributed by atoms with Crippen LogP contribution in [0.3, 0.4) is 0 Å². The summed E-state index contributed by atoms with van der Waals surface area (Å²) in [6, 6.07) is 0. The summed E-state index contributed by atoms with van der Waals surface area (Å²) in [5, 5.41) is 3.03. The third-order valence-corrected chi connectivity index (χ3v) is 1.97. The van der Waals surface area contributed by atoms with Crippen LogP contribution in [0, 0.1) is 0 Å². The first-order valence-electron chi connectivity index (χ1n) is 4.06. The van der Waals surface area contributed by atoms with E-state index >= 15 is 0 Å².